The molecule has 0 amide bonds. The van der Waals surface area contributed by atoms with Crippen molar-refractivity contribution in [3.8, 4) is 6.07 Å². The van der Waals surface area contributed by atoms with Crippen molar-refractivity contribution < 1.29 is 0 Å². The lowest BCUT2D eigenvalue weighted by Gasteiger charge is -2.30. The van der Waals surface area contributed by atoms with E-state index in [4.69, 9.17) is 5.73 Å². The molecule has 0 radical (unpaired) electrons. The average Bonchev–Trinajstić information content (AvgIpc) is 3.31. The number of nitriles is 1. The van der Waals surface area contributed by atoms with Crippen LogP contribution in [0.25, 0.3) is 0 Å². The standard InChI is InChI=1S/C15H23N5/c1-4-11-12(8-16)14(20-19-13(11)5-2)18-15(3,9-17)10-6-7-10/h10H,4-7,9,17H2,1-3H3,(H,18,20). The van der Waals surface area contributed by atoms with E-state index in [2.05, 4.69) is 28.5 Å². The van der Waals surface area contributed by atoms with Gasteiger partial charge in [0.05, 0.1) is 11.2 Å². The monoisotopic (exact) mass is 273 g/mol. The van der Waals surface area contributed by atoms with E-state index in [1.807, 2.05) is 13.8 Å². The molecule has 1 saturated carbocycles. The Hall–Kier alpha value is -1.67. The molecule has 0 saturated heterocycles. The van der Waals surface area contributed by atoms with Gasteiger partial charge in [-0.1, -0.05) is 13.8 Å². The molecule has 5 heteroatoms. The van der Waals surface area contributed by atoms with Crippen molar-refractivity contribution in [1.29, 1.82) is 5.26 Å². The molecule has 1 heterocycles. The number of hydrogen-bond donors (Lipinski definition) is 2. The third-order valence-electron chi connectivity index (χ3n) is 4.26. The Morgan fingerprint density at radius 2 is 2.05 bits per heavy atom. The summed E-state index contributed by atoms with van der Waals surface area (Å²) in [6, 6.07) is 2.29. The van der Waals surface area contributed by atoms with Gasteiger partial charge in [-0.05, 0) is 44.1 Å². The number of nitrogens with zero attached hydrogens (tertiary/aromatic N) is 3. The molecule has 1 aromatic rings. The van der Waals surface area contributed by atoms with Crippen LogP contribution in [0.15, 0.2) is 0 Å². The minimum atomic E-state index is -0.195. The van der Waals surface area contributed by atoms with Crippen LogP contribution in [-0.2, 0) is 12.8 Å². The van der Waals surface area contributed by atoms with Crippen molar-refractivity contribution in [3.05, 3.63) is 16.8 Å². The summed E-state index contributed by atoms with van der Waals surface area (Å²) >= 11 is 0. The maximum absolute atomic E-state index is 9.49. The molecule has 0 aromatic carbocycles. The van der Waals surface area contributed by atoms with E-state index < -0.39 is 0 Å². The van der Waals surface area contributed by atoms with E-state index in [-0.39, 0.29) is 5.54 Å². The van der Waals surface area contributed by atoms with E-state index in [1.54, 1.807) is 0 Å². The Balaban J connectivity index is 2.39. The molecular weight excluding hydrogens is 250 g/mol. The van der Waals surface area contributed by atoms with Crippen molar-refractivity contribution in [2.75, 3.05) is 11.9 Å². The fourth-order valence-corrected chi connectivity index (χ4v) is 2.69. The fraction of sp³-hybridized carbons (Fsp3) is 0.667. The van der Waals surface area contributed by atoms with E-state index in [1.165, 1.54) is 12.8 Å². The largest absolute Gasteiger partial charge is 0.361 e. The number of nitrogens with two attached hydrogens (primary N) is 1. The second kappa shape index (κ2) is 5.76. The molecule has 1 unspecified atom stereocenters. The Labute approximate surface area is 120 Å². The van der Waals surface area contributed by atoms with Crippen LogP contribution in [-0.4, -0.2) is 22.3 Å². The predicted molar refractivity (Wildman–Crippen MR) is 79.3 cm³/mol. The predicted octanol–water partition coefficient (Wildman–Crippen LogP) is 2.01. The quantitative estimate of drug-likeness (QED) is 0.827. The van der Waals surface area contributed by atoms with Gasteiger partial charge in [-0.25, -0.2) is 0 Å². The Morgan fingerprint density at radius 1 is 1.35 bits per heavy atom. The highest BCUT2D eigenvalue weighted by Crippen LogP contribution is 2.41. The minimum Gasteiger partial charge on any atom is -0.361 e. The van der Waals surface area contributed by atoms with Crippen LogP contribution in [0.5, 0.6) is 0 Å². The molecular formula is C15H23N5. The number of aryl methyl sites for hydroxylation is 1. The van der Waals surface area contributed by atoms with Gasteiger partial charge in [0.25, 0.3) is 0 Å². The van der Waals surface area contributed by atoms with E-state index >= 15 is 0 Å². The van der Waals surface area contributed by atoms with E-state index in [9.17, 15) is 5.26 Å². The molecule has 0 bridgehead atoms. The van der Waals surface area contributed by atoms with Crippen LogP contribution in [0.3, 0.4) is 0 Å². The summed E-state index contributed by atoms with van der Waals surface area (Å²) in [4.78, 5) is 0. The summed E-state index contributed by atoms with van der Waals surface area (Å²) in [5.74, 6) is 1.15. The maximum Gasteiger partial charge on any atom is 0.167 e. The molecule has 0 spiro atoms. The highest BCUT2D eigenvalue weighted by molar-refractivity contribution is 5.57. The van der Waals surface area contributed by atoms with Crippen molar-refractivity contribution in [1.82, 2.24) is 10.2 Å². The Morgan fingerprint density at radius 3 is 2.50 bits per heavy atom. The van der Waals surface area contributed by atoms with Gasteiger partial charge in [-0.2, -0.15) is 10.4 Å². The number of anilines is 1. The van der Waals surface area contributed by atoms with E-state index in [0.717, 1.165) is 24.1 Å². The molecule has 20 heavy (non-hydrogen) atoms. The van der Waals surface area contributed by atoms with Crippen molar-refractivity contribution in [2.24, 2.45) is 11.7 Å². The van der Waals surface area contributed by atoms with Gasteiger partial charge in [0, 0.05) is 6.54 Å². The van der Waals surface area contributed by atoms with Gasteiger partial charge in [0.2, 0.25) is 0 Å². The van der Waals surface area contributed by atoms with Crippen LogP contribution in [0.2, 0.25) is 0 Å². The zero-order valence-electron chi connectivity index (χ0n) is 12.5. The number of rotatable bonds is 6. The molecule has 3 N–H and O–H groups in total. The summed E-state index contributed by atoms with van der Waals surface area (Å²) in [6.07, 6.45) is 3.95. The van der Waals surface area contributed by atoms with Gasteiger partial charge < -0.3 is 11.1 Å². The molecule has 0 aliphatic heterocycles. The summed E-state index contributed by atoms with van der Waals surface area (Å²) < 4.78 is 0. The number of aromatic nitrogens is 2. The van der Waals surface area contributed by atoms with Gasteiger partial charge in [0.1, 0.15) is 11.6 Å². The normalized spacial score (nSPS) is 17.4. The zero-order chi connectivity index (χ0) is 14.8. The number of nitrogens with one attached hydrogen (secondary N) is 1. The smallest absolute Gasteiger partial charge is 0.167 e. The van der Waals surface area contributed by atoms with Crippen molar-refractivity contribution in [2.45, 2.75) is 52.0 Å². The average molecular weight is 273 g/mol. The molecule has 1 atom stereocenters. The lowest BCUT2D eigenvalue weighted by Crippen LogP contribution is -2.45. The third kappa shape index (κ3) is 2.61. The fourth-order valence-electron chi connectivity index (χ4n) is 2.69. The second-order valence-corrected chi connectivity index (χ2v) is 5.69. The van der Waals surface area contributed by atoms with Crippen LogP contribution in [0.1, 0.15) is 50.4 Å². The highest BCUT2D eigenvalue weighted by Gasteiger charge is 2.41. The lowest BCUT2D eigenvalue weighted by molar-refractivity contribution is 0.457. The Bertz CT molecular complexity index is 530. The zero-order valence-corrected chi connectivity index (χ0v) is 12.5. The van der Waals surface area contributed by atoms with Crippen LogP contribution >= 0.6 is 0 Å². The first-order valence-electron chi connectivity index (χ1n) is 7.36. The molecule has 1 aliphatic carbocycles. The van der Waals surface area contributed by atoms with Crippen molar-refractivity contribution >= 4 is 5.82 Å². The topological polar surface area (TPSA) is 87.6 Å². The maximum atomic E-state index is 9.49. The van der Waals surface area contributed by atoms with Gasteiger partial charge in [0.15, 0.2) is 5.82 Å². The van der Waals surface area contributed by atoms with Crippen molar-refractivity contribution in [3.63, 3.8) is 0 Å². The first kappa shape index (κ1) is 14.7. The minimum absolute atomic E-state index is 0.195. The molecule has 1 fully saturated rings. The third-order valence-corrected chi connectivity index (χ3v) is 4.26. The van der Waals surface area contributed by atoms with E-state index in [0.29, 0.717) is 23.8 Å². The summed E-state index contributed by atoms with van der Waals surface area (Å²) in [7, 11) is 0. The summed E-state index contributed by atoms with van der Waals surface area (Å²) in [5.41, 5.74) is 8.26. The summed E-state index contributed by atoms with van der Waals surface area (Å²) in [5, 5.41) is 21.4. The van der Waals surface area contributed by atoms with Crippen LogP contribution in [0, 0.1) is 17.2 Å². The van der Waals surface area contributed by atoms with Gasteiger partial charge >= 0.3 is 0 Å². The lowest BCUT2D eigenvalue weighted by atomic mass is 9.95. The van der Waals surface area contributed by atoms with Crippen LogP contribution in [0.4, 0.5) is 5.82 Å². The first-order valence-corrected chi connectivity index (χ1v) is 7.36. The van der Waals surface area contributed by atoms with Gasteiger partial charge in [-0.3, -0.25) is 0 Å². The molecule has 2 rings (SSSR count). The number of hydrogen-bond acceptors (Lipinski definition) is 5. The van der Waals surface area contributed by atoms with Crippen LogP contribution < -0.4 is 11.1 Å². The Kier molecular flexibility index (Phi) is 4.24. The molecule has 1 aromatic heterocycles. The molecule has 108 valence electrons. The molecule has 5 nitrogen and oxygen atoms in total. The first-order chi connectivity index (χ1) is 9.59. The summed E-state index contributed by atoms with van der Waals surface area (Å²) in [6.45, 7) is 6.71. The van der Waals surface area contributed by atoms with Gasteiger partial charge in [-0.15, -0.1) is 5.10 Å². The highest BCUT2D eigenvalue weighted by atomic mass is 15.2. The molecule has 1 aliphatic rings. The second-order valence-electron chi connectivity index (χ2n) is 5.69. The SMILES string of the molecule is CCc1nnc(NC(C)(CN)C2CC2)c(C#N)c1CC.